The first-order chi connectivity index (χ1) is 16.0. The molecule has 0 unspecified atom stereocenters. The molecular weight excluding hydrogens is 485 g/mol. The van der Waals surface area contributed by atoms with E-state index in [1.54, 1.807) is 43.3 Å². The zero-order valence-electron chi connectivity index (χ0n) is 17.9. The van der Waals surface area contributed by atoms with E-state index in [-0.39, 0.29) is 6.10 Å². The Morgan fingerprint density at radius 3 is 2.82 bits per heavy atom. The Bertz CT molecular complexity index is 1080. The fraction of sp³-hybridized carbons (Fsp3) is 0.304. The van der Waals surface area contributed by atoms with E-state index in [2.05, 4.69) is 10.3 Å². The van der Waals surface area contributed by atoms with E-state index in [1.807, 2.05) is 41.1 Å². The number of benzene rings is 2. The number of carbonyl (C=O) groups excluding carboxylic acids is 1. The van der Waals surface area contributed by atoms with Gasteiger partial charge in [-0.05, 0) is 43.3 Å². The molecule has 2 aromatic carbocycles. The van der Waals surface area contributed by atoms with Gasteiger partial charge in [0, 0.05) is 39.3 Å². The van der Waals surface area contributed by atoms with Crippen LogP contribution in [0.25, 0.3) is 0 Å². The van der Waals surface area contributed by atoms with Crippen molar-refractivity contribution in [3.63, 3.8) is 0 Å². The van der Waals surface area contributed by atoms with Crippen LogP contribution in [0.1, 0.15) is 12.5 Å². The average Bonchev–Trinajstić information content (AvgIpc) is 3.44. The first-order valence-corrected chi connectivity index (χ1v) is 12.1. The molecule has 2 atom stereocenters. The number of ether oxygens (including phenoxy) is 3. The summed E-state index contributed by atoms with van der Waals surface area (Å²) in [4.78, 5) is 16.7. The molecule has 0 saturated carbocycles. The molecule has 1 N–H and O–H groups in total. The Kier molecular flexibility index (Phi) is 7.82. The molecule has 4 rings (SSSR count). The van der Waals surface area contributed by atoms with Crippen molar-refractivity contribution in [1.82, 2.24) is 9.55 Å². The van der Waals surface area contributed by atoms with E-state index in [9.17, 15) is 4.79 Å². The summed E-state index contributed by atoms with van der Waals surface area (Å²) in [7, 11) is 0. The molecule has 7 nitrogen and oxygen atoms in total. The molecule has 0 aliphatic carbocycles. The van der Waals surface area contributed by atoms with Gasteiger partial charge in [0.05, 0.1) is 37.2 Å². The van der Waals surface area contributed by atoms with E-state index in [0.29, 0.717) is 41.2 Å². The number of rotatable bonds is 8. The summed E-state index contributed by atoms with van der Waals surface area (Å²) < 4.78 is 19.5. The highest BCUT2D eigenvalue weighted by molar-refractivity contribution is 7.99. The van der Waals surface area contributed by atoms with Crippen molar-refractivity contribution < 1.29 is 19.0 Å². The van der Waals surface area contributed by atoms with E-state index >= 15 is 0 Å². The lowest BCUT2D eigenvalue weighted by Gasteiger charge is -2.30. The molecular formula is C23H23Cl2N3O4S. The maximum absolute atomic E-state index is 11.5. The highest BCUT2D eigenvalue weighted by Crippen LogP contribution is 2.41. The Labute approximate surface area is 206 Å². The summed E-state index contributed by atoms with van der Waals surface area (Å²) in [5.74, 6) is -0.359. The summed E-state index contributed by atoms with van der Waals surface area (Å²) in [5, 5.41) is 3.72. The minimum Gasteiger partial charge on any atom is -0.450 e. The van der Waals surface area contributed by atoms with Gasteiger partial charge in [-0.1, -0.05) is 29.3 Å². The van der Waals surface area contributed by atoms with Crippen LogP contribution < -0.4 is 5.32 Å². The molecule has 1 amide bonds. The first-order valence-electron chi connectivity index (χ1n) is 10.4. The Balaban J connectivity index is 1.42. The lowest BCUT2D eigenvalue weighted by molar-refractivity contribution is -0.184. The van der Waals surface area contributed by atoms with Crippen LogP contribution in [0.2, 0.25) is 10.0 Å². The van der Waals surface area contributed by atoms with Crippen molar-refractivity contribution in [2.24, 2.45) is 0 Å². The van der Waals surface area contributed by atoms with Crippen molar-refractivity contribution in [3.8, 4) is 0 Å². The monoisotopic (exact) mass is 507 g/mol. The van der Waals surface area contributed by atoms with Crippen LogP contribution in [-0.2, 0) is 26.5 Å². The molecule has 1 aliphatic rings. The second kappa shape index (κ2) is 10.8. The van der Waals surface area contributed by atoms with Gasteiger partial charge in [-0.15, -0.1) is 11.8 Å². The Hall–Kier alpha value is -2.23. The van der Waals surface area contributed by atoms with Crippen molar-refractivity contribution in [2.75, 3.05) is 24.3 Å². The number of anilines is 1. The molecule has 1 fully saturated rings. The number of aromatic nitrogens is 2. The molecule has 10 heteroatoms. The van der Waals surface area contributed by atoms with Crippen molar-refractivity contribution >= 4 is 46.7 Å². The van der Waals surface area contributed by atoms with Crippen molar-refractivity contribution in [2.45, 2.75) is 30.3 Å². The van der Waals surface area contributed by atoms with E-state index in [0.717, 1.165) is 10.5 Å². The van der Waals surface area contributed by atoms with Gasteiger partial charge in [-0.3, -0.25) is 5.32 Å². The van der Waals surface area contributed by atoms with E-state index in [4.69, 9.17) is 37.4 Å². The third-order valence-electron chi connectivity index (χ3n) is 4.96. The molecule has 1 aliphatic heterocycles. The highest BCUT2D eigenvalue weighted by atomic mass is 35.5. The molecule has 3 aromatic rings. The van der Waals surface area contributed by atoms with Gasteiger partial charge < -0.3 is 18.8 Å². The normalized spacial score (nSPS) is 20.0. The van der Waals surface area contributed by atoms with Crippen LogP contribution in [0, 0.1) is 0 Å². The smallest absolute Gasteiger partial charge is 0.411 e. The van der Waals surface area contributed by atoms with Crippen LogP contribution in [0.5, 0.6) is 0 Å². The maximum Gasteiger partial charge on any atom is 0.411 e. The topological polar surface area (TPSA) is 74.6 Å². The third kappa shape index (κ3) is 6.02. The second-order valence-electron chi connectivity index (χ2n) is 7.34. The number of nitrogens with zero attached hydrogens (tertiary/aromatic N) is 2. The number of imidazole rings is 1. The maximum atomic E-state index is 11.5. The lowest BCUT2D eigenvalue weighted by Crippen LogP contribution is -2.34. The molecule has 1 aromatic heterocycles. The minimum absolute atomic E-state index is 0.150. The van der Waals surface area contributed by atoms with Crippen molar-refractivity contribution in [1.29, 1.82) is 0 Å². The number of amides is 1. The van der Waals surface area contributed by atoms with Gasteiger partial charge in [-0.2, -0.15) is 0 Å². The van der Waals surface area contributed by atoms with Gasteiger partial charge in [0.2, 0.25) is 5.79 Å². The third-order valence-corrected chi connectivity index (χ3v) is 6.65. The highest BCUT2D eigenvalue weighted by Gasteiger charge is 2.45. The fourth-order valence-electron chi connectivity index (χ4n) is 3.48. The predicted octanol–water partition coefficient (Wildman–Crippen LogP) is 5.82. The fourth-order valence-corrected chi connectivity index (χ4v) is 4.91. The van der Waals surface area contributed by atoms with Crippen LogP contribution in [-0.4, -0.2) is 40.7 Å². The quantitative estimate of drug-likeness (QED) is 0.387. The molecule has 174 valence electrons. The molecule has 0 spiro atoms. The number of carbonyl (C=O) groups is 1. The standard InChI is InChI=1S/C23H23Cl2N3O4S/c1-2-30-22(29)27-17-4-6-19(7-5-17)33-13-18-12-31-23(32-18,14-28-10-9-26-15-28)20-8-3-16(24)11-21(20)25/h3-11,15,18H,2,12-14H2,1H3,(H,27,29)/t18-,23-/m1/s1. The Morgan fingerprint density at radius 2 is 2.12 bits per heavy atom. The average molecular weight is 508 g/mol. The molecule has 0 bridgehead atoms. The molecule has 2 heterocycles. The number of nitrogens with one attached hydrogen (secondary N) is 1. The van der Waals surface area contributed by atoms with Crippen molar-refractivity contribution in [3.05, 3.63) is 76.8 Å². The summed E-state index contributed by atoms with van der Waals surface area (Å²) in [5.41, 5.74) is 1.40. The number of hydrogen-bond donors (Lipinski definition) is 1. The first kappa shape index (κ1) is 23.9. The predicted molar refractivity (Wildman–Crippen MR) is 129 cm³/mol. The van der Waals surface area contributed by atoms with Gasteiger partial charge in [-0.25, -0.2) is 9.78 Å². The van der Waals surface area contributed by atoms with Gasteiger partial charge >= 0.3 is 6.09 Å². The Morgan fingerprint density at radius 1 is 1.30 bits per heavy atom. The summed E-state index contributed by atoms with van der Waals surface area (Å²) in [6.45, 7) is 2.92. The molecule has 1 saturated heterocycles. The van der Waals surface area contributed by atoms with E-state index < -0.39 is 11.9 Å². The SMILES string of the molecule is CCOC(=O)Nc1ccc(SC[C@H]2CO[C@@](Cn3ccnc3)(c3ccc(Cl)cc3Cl)O2)cc1. The zero-order valence-corrected chi connectivity index (χ0v) is 20.2. The van der Waals surface area contributed by atoms with Gasteiger partial charge in [0.15, 0.2) is 0 Å². The van der Waals surface area contributed by atoms with Gasteiger partial charge in [0.1, 0.15) is 0 Å². The van der Waals surface area contributed by atoms with Crippen LogP contribution in [0.3, 0.4) is 0 Å². The number of hydrogen-bond acceptors (Lipinski definition) is 6. The molecule has 0 radical (unpaired) electrons. The van der Waals surface area contributed by atoms with Crippen LogP contribution >= 0.6 is 35.0 Å². The van der Waals surface area contributed by atoms with Gasteiger partial charge in [0.25, 0.3) is 0 Å². The zero-order chi connectivity index (χ0) is 23.3. The van der Waals surface area contributed by atoms with Crippen LogP contribution in [0.4, 0.5) is 10.5 Å². The number of thioether (sulfide) groups is 1. The molecule has 33 heavy (non-hydrogen) atoms. The number of halogens is 2. The lowest BCUT2D eigenvalue weighted by atomic mass is 10.1. The minimum atomic E-state index is -1.04. The summed E-state index contributed by atoms with van der Waals surface area (Å²) >= 11 is 14.3. The van der Waals surface area contributed by atoms with Crippen LogP contribution in [0.15, 0.2) is 66.1 Å². The van der Waals surface area contributed by atoms with E-state index in [1.165, 1.54) is 0 Å². The second-order valence-corrected chi connectivity index (χ2v) is 9.28. The largest absolute Gasteiger partial charge is 0.450 e. The summed E-state index contributed by atoms with van der Waals surface area (Å²) in [6, 6.07) is 12.9. The summed E-state index contributed by atoms with van der Waals surface area (Å²) in [6.07, 6.45) is 4.66.